The number of nitrogens with one attached hydrogen (secondary N) is 1. The van der Waals surface area contributed by atoms with Gasteiger partial charge in [0.1, 0.15) is 6.10 Å². The van der Waals surface area contributed by atoms with Gasteiger partial charge in [0.05, 0.1) is 18.8 Å². The zero-order chi connectivity index (χ0) is 45.1. The van der Waals surface area contributed by atoms with E-state index in [9.17, 15) is 20.1 Å². The summed E-state index contributed by atoms with van der Waals surface area (Å²) in [7, 11) is 0. The second-order valence-electron chi connectivity index (χ2n) is 20.2. The molecule has 0 heterocycles. The molecule has 0 aromatic heterocycles. The van der Waals surface area contributed by atoms with Crippen LogP contribution < -0.4 is 5.32 Å². The first-order chi connectivity index (χ1) is 30.6. The van der Waals surface area contributed by atoms with Crippen molar-refractivity contribution < 1.29 is 20.1 Å². The first-order valence-electron chi connectivity index (χ1n) is 28.8. The van der Waals surface area contributed by atoms with Crippen LogP contribution in [0.5, 0.6) is 0 Å². The van der Waals surface area contributed by atoms with Gasteiger partial charge in [0, 0.05) is 6.42 Å². The van der Waals surface area contributed by atoms with Gasteiger partial charge in [-0.1, -0.05) is 316 Å². The molecule has 5 heteroatoms. The van der Waals surface area contributed by atoms with Gasteiger partial charge in [-0.25, -0.2) is 0 Å². The lowest BCUT2D eigenvalue weighted by Crippen LogP contribution is -2.50. The molecular weight excluding hydrogens is 763 g/mol. The minimum Gasteiger partial charge on any atom is -0.394 e. The average molecular weight is 879 g/mol. The molecule has 0 saturated carbocycles. The number of unbranched alkanes of at least 4 members (excludes halogenated alkanes) is 46. The molecule has 1 amide bonds. The van der Waals surface area contributed by atoms with E-state index in [1.807, 2.05) is 0 Å². The molecule has 0 unspecified atom stereocenters. The predicted octanol–water partition coefficient (Wildman–Crippen LogP) is 17.7. The average Bonchev–Trinajstić information content (AvgIpc) is 3.28. The molecule has 0 aromatic rings. The Bertz CT molecular complexity index is 838. The Morgan fingerprint density at radius 2 is 0.548 bits per heavy atom. The van der Waals surface area contributed by atoms with Crippen LogP contribution in [-0.4, -0.2) is 46.1 Å². The Kier molecular flexibility index (Phi) is 52.4. The van der Waals surface area contributed by atoms with E-state index in [1.165, 1.54) is 276 Å². The monoisotopic (exact) mass is 878 g/mol. The fourth-order valence-electron chi connectivity index (χ4n) is 9.52. The quantitative estimate of drug-likeness (QED) is 0.0458. The summed E-state index contributed by atoms with van der Waals surface area (Å²) in [4.78, 5) is 12.5. The molecule has 0 aliphatic carbocycles. The topological polar surface area (TPSA) is 89.8 Å². The number of rotatable bonds is 54. The summed E-state index contributed by atoms with van der Waals surface area (Å²) in [6.45, 7) is 4.21. The molecule has 62 heavy (non-hydrogen) atoms. The van der Waals surface area contributed by atoms with Crippen molar-refractivity contribution in [1.29, 1.82) is 0 Å². The van der Waals surface area contributed by atoms with Crippen molar-refractivity contribution in [2.24, 2.45) is 0 Å². The second kappa shape index (κ2) is 53.0. The molecule has 4 N–H and O–H groups in total. The SMILES string of the molecule is CCCCCCCCCCCCCCCCCCCCCCCCCCCCCCCCCCCCCC(=O)N[C@@H](CO)[C@H](O)[C@H](O)CCCCCCCCCCCCCCC. The van der Waals surface area contributed by atoms with Gasteiger partial charge in [-0.2, -0.15) is 0 Å². The van der Waals surface area contributed by atoms with Crippen molar-refractivity contribution in [3.05, 3.63) is 0 Å². The Morgan fingerprint density at radius 1 is 0.339 bits per heavy atom. The van der Waals surface area contributed by atoms with Crippen molar-refractivity contribution in [3.63, 3.8) is 0 Å². The highest BCUT2D eigenvalue weighted by Gasteiger charge is 2.26. The van der Waals surface area contributed by atoms with E-state index in [0.29, 0.717) is 12.8 Å². The number of aliphatic hydroxyl groups is 3. The summed E-state index contributed by atoms with van der Waals surface area (Å²) in [6.07, 6.45) is 64.2. The van der Waals surface area contributed by atoms with Crippen LogP contribution in [0.25, 0.3) is 0 Å². The maximum Gasteiger partial charge on any atom is 0.220 e. The van der Waals surface area contributed by atoms with Gasteiger partial charge in [0.25, 0.3) is 0 Å². The number of carbonyl (C=O) groups is 1. The van der Waals surface area contributed by atoms with Gasteiger partial charge >= 0.3 is 0 Å². The van der Waals surface area contributed by atoms with Gasteiger partial charge in [-0.3, -0.25) is 4.79 Å². The highest BCUT2D eigenvalue weighted by atomic mass is 16.3. The summed E-state index contributed by atoms with van der Waals surface area (Å²) >= 11 is 0. The number of hydrogen-bond donors (Lipinski definition) is 4. The van der Waals surface area contributed by atoms with E-state index < -0.39 is 18.2 Å². The molecule has 0 spiro atoms. The molecular formula is C57H115NO4. The van der Waals surface area contributed by atoms with Crippen molar-refractivity contribution in [3.8, 4) is 0 Å². The van der Waals surface area contributed by atoms with Crippen LogP contribution in [0, 0.1) is 0 Å². The summed E-state index contributed by atoms with van der Waals surface area (Å²) in [5.74, 6) is -0.137. The lowest BCUT2D eigenvalue weighted by atomic mass is 9.99. The van der Waals surface area contributed by atoms with E-state index in [-0.39, 0.29) is 12.5 Å². The molecule has 0 rings (SSSR count). The minimum absolute atomic E-state index is 0.137. The molecule has 0 aliphatic heterocycles. The first-order valence-corrected chi connectivity index (χ1v) is 28.8. The van der Waals surface area contributed by atoms with Crippen molar-refractivity contribution in [2.45, 2.75) is 353 Å². The van der Waals surface area contributed by atoms with Crippen LogP contribution >= 0.6 is 0 Å². The van der Waals surface area contributed by atoms with Crippen LogP contribution in [0.1, 0.15) is 335 Å². The van der Waals surface area contributed by atoms with Gasteiger partial charge in [-0.15, -0.1) is 0 Å². The normalized spacial score (nSPS) is 13.2. The van der Waals surface area contributed by atoms with Crippen LogP contribution in [0.2, 0.25) is 0 Å². The van der Waals surface area contributed by atoms with Crippen LogP contribution in [0.3, 0.4) is 0 Å². The van der Waals surface area contributed by atoms with E-state index in [4.69, 9.17) is 0 Å². The Labute approximate surface area is 389 Å². The number of aliphatic hydroxyl groups excluding tert-OH is 3. The summed E-state index contributed by atoms with van der Waals surface area (Å²) < 4.78 is 0. The zero-order valence-corrected chi connectivity index (χ0v) is 42.5. The number of amides is 1. The van der Waals surface area contributed by atoms with Crippen molar-refractivity contribution >= 4 is 5.91 Å². The largest absolute Gasteiger partial charge is 0.394 e. The third-order valence-electron chi connectivity index (χ3n) is 14.0. The summed E-state index contributed by atoms with van der Waals surface area (Å²) in [6, 6.07) is -0.803. The molecule has 0 radical (unpaired) electrons. The fourth-order valence-corrected chi connectivity index (χ4v) is 9.52. The molecule has 0 aromatic carbocycles. The first kappa shape index (κ1) is 61.4. The van der Waals surface area contributed by atoms with Crippen molar-refractivity contribution in [1.82, 2.24) is 5.32 Å². The van der Waals surface area contributed by atoms with E-state index >= 15 is 0 Å². The molecule has 0 bridgehead atoms. The smallest absolute Gasteiger partial charge is 0.220 e. The third kappa shape index (κ3) is 47.3. The summed E-state index contributed by atoms with van der Waals surface area (Å²) in [5, 5.41) is 33.7. The van der Waals surface area contributed by atoms with Crippen molar-refractivity contribution in [2.75, 3.05) is 6.61 Å². The lowest BCUT2D eigenvalue weighted by Gasteiger charge is -2.26. The standard InChI is InChI=1S/C57H115NO4/c1-3-5-7-9-11-13-15-17-18-19-20-21-22-23-24-25-26-27-28-29-30-31-32-33-34-35-36-37-38-40-42-44-46-48-50-52-56(61)58-54(53-59)57(62)55(60)51-49-47-45-43-41-39-16-14-12-10-8-6-4-2/h54-55,57,59-60,62H,3-53H2,1-2H3,(H,58,61)/t54-,55+,57-/m0/s1. The van der Waals surface area contributed by atoms with Gasteiger partial charge in [-0.05, 0) is 12.8 Å². The zero-order valence-electron chi connectivity index (χ0n) is 42.5. The predicted molar refractivity (Wildman–Crippen MR) is 273 cm³/mol. The van der Waals surface area contributed by atoms with Gasteiger partial charge in [0.15, 0.2) is 0 Å². The van der Waals surface area contributed by atoms with E-state index in [0.717, 1.165) is 32.1 Å². The lowest BCUT2D eigenvalue weighted by molar-refractivity contribution is -0.124. The minimum atomic E-state index is -1.13. The fraction of sp³-hybridized carbons (Fsp3) is 0.982. The van der Waals surface area contributed by atoms with Crippen LogP contribution in [0.4, 0.5) is 0 Å². The third-order valence-corrected chi connectivity index (χ3v) is 14.0. The number of carbonyl (C=O) groups excluding carboxylic acids is 1. The Balaban J connectivity index is 3.40. The number of hydrogen-bond acceptors (Lipinski definition) is 4. The van der Waals surface area contributed by atoms with Gasteiger partial charge in [0.2, 0.25) is 5.91 Å². The summed E-state index contributed by atoms with van der Waals surface area (Å²) in [5.41, 5.74) is 0. The second-order valence-corrected chi connectivity index (χ2v) is 20.2. The van der Waals surface area contributed by atoms with Gasteiger partial charge < -0.3 is 20.6 Å². The van der Waals surface area contributed by atoms with E-state index in [1.54, 1.807) is 0 Å². The maximum absolute atomic E-state index is 12.5. The Morgan fingerprint density at radius 3 is 0.774 bits per heavy atom. The van der Waals surface area contributed by atoms with E-state index in [2.05, 4.69) is 19.2 Å². The molecule has 0 aliphatic rings. The maximum atomic E-state index is 12.5. The molecule has 0 saturated heterocycles. The highest BCUT2D eigenvalue weighted by molar-refractivity contribution is 5.76. The molecule has 372 valence electrons. The Hall–Kier alpha value is -0.650. The van der Waals surface area contributed by atoms with Crippen LogP contribution in [0.15, 0.2) is 0 Å². The molecule has 5 nitrogen and oxygen atoms in total. The van der Waals surface area contributed by atoms with Crippen LogP contribution in [-0.2, 0) is 4.79 Å². The highest BCUT2D eigenvalue weighted by Crippen LogP contribution is 2.19. The molecule has 3 atom stereocenters. The molecule has 0 fully saturated rings.